The van der Waals surface area contributed by atoms with Gasteiger partial charge >= 0.3 is 154 Å². The molecule has 0 atom stereocenters. The third-order valence-corrected chi connectivity index (χ3v) is 17.7. The zero-order chi connectivity index (χ0) is 18.8. The molecular formula is C17H23AsCl2N2O2S2. The molecule has 1 aliphatic rings. The second-order valence-electron chi connectivity index (χ2n) is 5.74. The molecule has 1 fully saturated rings. The number of carbonyl (C=O) groups is 2. The van der Waals surface area contributed by atoms with Crippen molar-refractivity contribution >= 4 is 77.4 Å². The summed E-state index contributed by atoms with van der Waals surface area (Å²) in [6.45, 7) is 0.529. The molecule has 9 heteroatoms. The number of nitrogens with one attached hydrogen (secondary N) is 2. The zero-order valence-electron chi connectivity index (χ0n) is 14.4. The number of hydrogen-bond acceptors (Lipinski definition) is 4. The number of unbranched alkanes of at least 4 members (excludes halogenated alkanes) is 2. The van der Waals surface area contributed by atoms with E-state index < -0.39 is 17.2 Å². The first-order valence-corrected chi connectivity index (χ1v) is 16.9. The molecule has 2 N–H and O–H groups in total. The molecule has 1 saturated heterocycles. The summed E-state index contributed by atoms with van der Waals surface area (Å²) in [4.78, 5) is 22.5. The molecule has 1 aromatic rings. The maximum absolute atomic E-state index is 12.3. The van der Waals surface area contributed by atoms with Gasteiger partial charge in [-0.15, -0.1) is 0 Å². The molecule has 0 aliphatic carbocycles. The van der Waals surface area contributed by atoms with E-state index in [2.05, 4.69) is 42.8 Å². The number of rotatable bonds is 9. The molecule has 1 aromatic carbocycles. The van der Waals surface area contributed by atoms with E-state index in [0.29, 0.717) is 13.0 Å². The van der Waals surface area contributed by atoms with Crippen molar-refractivity contribution in [3.63, 3.8) is 0 Å². The molecular weight excluding hydrogens is 474 g/mol. The first-order valence-electron chi connectivity index (χ1n) is 8.58. The average molecular weight is 497 g/mol. The van der Waals surface area contributed by atoms with E-state index >= 15 is 0 Å². The van der Waals surface area contributed by atoms with Gasteiger partial charge in [-0.25, -0.2) is 0 Å². The second-order valence-corrected chi connectivity index (χ2v) is 18.5. The molecule has 1 heterocycles. The number of benzene rings is 1. The number of amides is 2. The van der Waals surface area contributed by atoms with Crippen LogP contribution < -0.4 is 15.0 Å². The zero-order valence-corrected chi connectivity index (χ0v) is 19.4. The van der Waals surface area contributed by atoms with Gasteiger partial charge in [0, 0.05) is 0 Å². The first-order chi connectivity index (χ1) is 12.6. The molecule has 0 aromatic heterocycles. The van der Waals surface area contributed by atoms with Crippen LogP contribution in [-0.2, 0) is 9.59 Å². The van der Waals surface area contributed by atoms with Crippen molar-refractivity contribution in [3.05, 3.63) is 24.3 Å². The van der Waals surface area contributed by atoms with Crippen LogP contribution in [0.25, 0.3) is 0 Å². The molecule has 0 saturated carbocycles. The summed E-state index contributed by atoms with van der Waals surface area (Å²) in [5, 5.41) is 5.75. The van der Waals surface area contributed by atoms with Crippen LogP contribution in [0.2, 0.25) is 0 Å². The first kappa shape index (κ1) is 22.3. The van der Waals surface area contributed by atoms with Crippen molar-refractivity contribution in [3.8, 4) is 0 Å². The van der Waals surface area contributed by atoms with Gasteiger partial charge < -0.3 is 0 Å². The van der Waals surface area contributed by atoms with E-state index in [4.69, 9.17) is 23.2 Å². The molecule has 2 rings (SSSR count). The molecule has 0 bridgehead atoms. The monoisotopic (exact) mass is 496 g/mol. The van der Waals surface area contributed by atoms with E-state index in [-0.39, 0.29) is 11.8 Å². The van der Waals surface area contributed by atoms with Crippen LogP contribution in [0, 0.1) is 0 Å². The summed E-state index contributed by atoms with van der Waals surface area (Å²) >= 11 is 9.75. The fourth-order valence-electron chi connectivity index (χ4n) is 2.36. The van der Waals surface area contributed by atoms with Crippen LogP contribution in [0.1, 0.15) is 32.1 Å². The predicted octanol–water partition coefficient (Wildman–Crippen LogP) is 3.67. The van der Waals surface area contributed by atoms with E-state index in [1.807, 2.05) is 12.1 Å². The van der Waals surface area contributed by atoms with Gasteiger partial charge in [-0.1, -0.05) is 23.2 Å². The van der Waals surface area contributed by atoms with Crippen LogP contribution in [0.15, 0.2) is 24.3 Å². The Bertz CT molecular complexity index is 602. The van der Waals surface area contributed by atoms with Gasteiger partial charge in [-0.2, -0.15) is 0 Å². The Kier molecular flexibility index (Phi) is 10.7. The van der Waals surface area contributed by atoms with Gasteiger partial charge in [-0.3, -0.25) is 0 Å². The number of anilines is 1. The average Bonchev–Trinajstić information content (AvgIpc) is 2.65. The molecule has 1 aliphatic heterocycles. The summed E-state index contributed by atoms with van der Waals surface area (Å²) in [6, 6.07) is 8.24. The maximum atomic E-state index is 12.3. The number of halogens is 2. The summed E-state index contributed by atoms with van der Waals surface area (Å²) in [5.74, 6) is 2.16. The quantitative estimate of drug-likeness (QED) is 0.311. The summed E-state index contributed by atoms with van der Waals surface area (Å²) in [6.07, 6.45) is 4.24. The van der Waals surface area contributed by atoms with Gasteiger partial charge in [0.05, 0.1) is 0 Å². The molecule has 0 radical (unpaired) electrons. The van der Waals surface area contributed by atoms with Crippen LogP contribution in [0.3, 0.4) is 0 Å². The van der Waals surface area contributed by atoms with E-state index in [1.54, 1.807) is 0 Å². The number of alkyl halides is 2. The SMILES string of the molecule is O=C(CCCCCNC(=O)C(Cl)Cl)Nc1ccccc1[As]1SCCCS1. The molecule has 26 heavy (non-hydrogen) atoms. The van der Waals surface area contributed by atoms with Crippen LogP contribution in [-0.4, -0.2) is 47.0 Å². The van der Waals surface area contributed by atoms with Gasteiger partial charge in [-0.05, 0) is 0 Å². The fraction of sp³-hybridized carbons (Fsp3) is 0.529. The molecule has 144 valence electrons. The fourth-order valence-corrected chi connectivity index (χ4v) is 16.1. The normalized spacial score (nSPS) is 15.0. The molecule has 2 amide bonds. The van der Waals surface area contributed by atoms with Crippen molar-refractivity contribution in [1.82, 2.24) is 5.32 Å². The molecule has 0 spiro atoms. The Balaban J connectivity index is 1.70. The number of hydrogen-bond donors (Lipinski definition) is 2. The minimum atomic E-state index is -1.16. The van der Waals surface area contributed by atoms with Crippen LogP contribution in [0.5, 0.6) is 0 Å². The van der Waals surface area contributed by atoms with E-state index in [0.717, 1.165) is 24.9 Å². The van der Waals surface area contributed by atoms with Crippen molar-refractivity contribution in [1.29, 1.82) is 0 Å². The Labute approximate surface area is 176 Å². The number of para-hydroxylation sites is 1. The van der Waals surface area contributed by atoms with Crippen molar-refractivity contribution in [2.75, 3.05) is 23.4 Å². The van der Waals surface area contributed by atoms with Crippen molar-refractivity contribution in [2.24, 2.45) is 0 Å². The van der Waals surface area contributed by atoms with Gasteiger partial charge in [0.2, 0.25) is 0 Å². The minimum absolute atomic E-state index is 0.0593. The van der Waals surface area contributed by atoms with Crippen LogP contribution >= 0.6 is 43.3 Å². The van der Waals surface area contributed by atoms with E-state index in [1.165, 1.54) is 22.3 Å². The molecule has 4 nitrogen and oxygen atoms in total. The summed E-state index contributed by atoms with van der Waals surface area (Å²) in [5.41, 5.74) is 0.988. The van der Waals surface area contributed by atoms with Crippen LogP contribution in [0.4, 0.5) is 5.69 Å². The third-order valence-electron chi connectivity index (χ3n) is 3.66. The Morgan fingerprint density at radius 2 is 1.85 bits per heavy atom. The topological polar surface area (TPSA) is 58.2 Å². The number of carbonyl (C=O) groups excluding carboxylic acids is 2. The summed E-state index contributed by atoms with van der Waals surface area (Å²) in [7, 11) is 4.19. The standard InChI is InChI=1S/C17H23AsCl2N2O2S2/c19-16(20)17(24)21-10-5-1-2-9-15(23)22-14-8-4-3-7-13(14)18-25-11-6-12-26-18/h3-4,7-8,16H,1-2,5-6,9-12H2,(H,21,24)(H,22,23). The van der Waals surface area contributed by atoms with Crippen molar-refractivity contribution < 1.29 is 9.59 Å². The Hall–Kier alpha value is -0.00156. The van der Waals surface area contributed by atoms with Gasteiger partial charge in [0.1, 0.15) is 0 Å². The second kappa shape index (κ2) is 12.5. The molecule has 0 unspecified atom stereocenters. The summed E-state index contributed by atoms with van der Waals surface area (Å²) < 4.78 is 1.35. The van der Waals surface area contributed by atoms with E-state index in [9.17, 15) is 9.59 Å². The Morgan fingerprint density at radius 1 is 1.12 bits per heavy atom. The predicted molar refractivity (Wildman–Crippen MR) is 117 cm³/mol. The van der Waals surface area contributed by atoms with Gasteiger partial charge in [0.25, 0.3) is 0 Å². The Morgan fingerprint density at radius 3 is 2.58 bits per heavy atom. The third kappa shape index (κ3) is 7.93. The van der Waals surface area contributed by atoms with Gasteiger partial charge in [0.15, 0.2) is 0 Å². The van der Waals surface area contributed by atoms with Crippen molar-refractivity contribution in [2.45, 2.75) is 36.9 Å².